The number of nitrogens with zero attached hydrogens (tertiary/aromatic N) is 5. The van der Waals surface area contributed by atoms with Crippen LogP contribution >= 0.6 is 23.2 Å². The van der Waals surface area contributed by atoms with E-state index in [1.807, 2.05) is 53.5 Å². The predicted molar refractivity (Wildman–Crippen MR) is 136 cm³/mol. The van der Waals surface area contributed by atoms with Crippen LogP contribution in [0.1, 0.15) is 28.1 Å². The summed E-state index contributed by atoms with van der Waals surface area (Å²) in [7, 11) is 1.80. The lowest BCUT2D eigenvalue weighted by atomic mass is 9.82. The van der Waals surface area contributed by atoms with E-state index in [0.29, 0.717) is 32.8 Å². The van der Waals surface area contributed by atoms with Gasteiger partial charge in [-0.25, -0.2) is 10.5 Å². The number of nitrogens with one attached hydrogen (secondary N) is 2. The van der Waals surface area contributed by atoms with Gasteiger partial charge >= 0.3 is 0 Å². The molecule has 4 aromatic rings. The van der Waals surface area contributed by atoms with Crippen molar-refractivity contribution in [2.75, 3.05) is 5.01 Å². The number of aromatic nitrogens is 3. The molecule has 3 heterocycles. The standard InChI is InChI=1S/C25H19Cl2N7O/c1-33-14-28-30-24(33)25(35,16-5-8-18(26)9-6-16)17-7-10-22-21(12-17)20(13-23-29-31-32-34(22)23)15-3-2-4-19(27)11-15/h2-14,31-32,35H,1H3. The van der Waals surface area contributed by atoms with Crippen molar-refractivity contribution in [3.63, 3.8) is 0 Å². The smallest absolute Gasteiger partial charge is 0.175 e. The van der Waals surface area contributed by atoms with Gasteiger partial charge in [-0.15, -0.1) is 20.8 Å². The van der Waals surface area contributed by atoms with E-state index in [0.717, 1.165) is 22.4 Å². The molecule has 0 saturated carbocycles. The molecule has 35 heavy (non-hydrogen) atoms. The van der Waals surface area contributed by atoms with Gasteiger partial charge in [0, 0.05) is 22.7 Å². The molecule has 3 N–H and O–H groups in total. The Morgan fingerprint density at radius 2 is 1.74 bits per heavy atom. The molecule has 1 aromatic heterocycles. The molecule has 8 nitrogen and oxygen atoms in total. The molecule has 10 heteroatoms. The Hall–Kier alpha value is -3.69. The highest BCUT2D eigenvalue weighted by Crippen LogP contribution is 2.42. The van der Waals surface area contributed by atoms with Crippen LogP contribution in [0.4, 0.5) is 5.69 Å². The normalized spacial score (nSPS) is 16.1. The highest BCUT2D eigenvalue weighted by molar-refractivity contribution is 6.31. The summed E-state index contributed by atoms with van der Waals surface area (Å²) >= 11 is 12.5. The first-order valence-electron chi connectivity index (χ1n) is 10.8. The number of hydrazone groups is 1. The average Bonchev–Trinajstić information content (AvgIpc) is 3.52. The third kappa shape index (κ3) is 3.50. The third-order valence-electron chi connectivity index (χ3n) is 6.21. The van der Waals surface area contributed by atoms with Gasteiger partial charge in [-0.05, 0) is 64.7 Å². The van der Waals surface area contributed by atoms with E-state index in [2.05, 4.69) is 26.4 Å². The zero-order valence-electron chi connectivity index (χ0n) is 18.4. The SMILES string of the molecule is Cn1cnnc1C(O)(c1ccc(Cl)cc1)c1ccc2c(c1)C(c1cccc(Cl)c1)=CC1=NNNN12. The summed E-state index contributed by atoms with van der Waals surface area (Å²) in [5.74, 6) is 1.09. The van der Waals surface area contributed by atoms with E-state index in [4.69, 9.17) is 23.2 Å². The van der Waals surface area contributed by atoms with Crippen molar-refractivity contribution in [3.05, 3.63) is 117 Å². The Balaban J connectivity index is 1.59. The maximum atomic E-state index is 12.3. The van der Waals surface area contributed by atoms with E-state index < -0.39 is 5.60 Å². The third-order valence-corrected chi connectivity index (χ3v) is 6.70. The quantitative estimate of drug-likeness (QED) is 0.390. The van der Waals surface area contributed by atoms with Gasteiger partial charge in [-0.1, -0.05) is 53.5 Å². The van der Waals surface area contributed by atoms with Crippen LogP contribution in [-0.4, -0.2) is 25.7 Å². The van der Waals surface area contributed by atoms with Crippen molar-refractivity contribution < 1.29 is 5.11 Å². The molecule has 6 rings (SSSR count). The second-order valence-corrected chi connectivity index (χ2v) is 9.18. The number of aliphatic hydroxyl groups is 1. The van der Waals surface area contributed by atoms with Crippen LogP contribution in [-0.2, 0) is 12.6 Å². The number of hydrazine groups is 2. The van der Waals surface area contributed by atoms with Gasteiger partial charge in [0.1, 0.15) is 6.33 Å². The van der Waals surface area contributed by atoms with Crippen molar-refractivity contribution in [1.29, 1.82) is 0 Å². The van der Waals surface area contributed by atoms with E-state index in [1.54, 1.807) is 42.2 Å². The molecular weight excluding hydrogens is 485 g/mol. The van der Waals surface area contributed by atoms with Crippen LogP contribution in [0.15, 0.2) is 84.2 Å². The highest BCUT2D eigenvalue weighted by atomic mass is 35.5. The number of fused-ring (bicyclic) bond motifs is 3. The lowest BCUT2D eigenvalue weighted by Gasteiger charge is -2.32. The van der Waals surface area contributed by atoms with Crippen molar-refractivity contribution in [1.82, 2.24) is 25.8 Å². The van der Waals surface area contributed by atoms with Crippen molar-refractivity contribution in [2.24, 2.45) is 12.1 Å². The number of hydrogen-bond donors (Lipinski definition) is 3. The maximum Gasteiger partial charge on any atom is 0.175 e. The van der Waals surface area contributed by atoms with Crippen molar-refractivity contribution in [3.8, 4) is 0 Å². The molecule has 0 spiro atoms. The average molecular weight is 504 g/mol. The highest BCUT2D eigenvalue weighted by Gasteiger charge is 2.40. The number of hydrogen-bond acceptors (Lipinski definition) is 7. The molecule has 3 aromatic carbocycles. The number of amidine groups is 1. The largest absolute Gasteiger partial charge is 0.373 e. The zero-order valence-corrected chi connectivity index (χ0v) is 20.0. The zero-order chi connectivity index (χ0) is 24.2. The van der Waals surface area contributed by atoms with Gasteiger partial charge < -0.3 is 9.67 Å². The Bertz CT molecular complexity index is 1510. The number of rotatable bonds is 4. The van der Waals surface area contributed by atoms with Gasteiger partial charge in [0.2, 0.25) is 0 Å². The number of aryl methyl sites for hydroxylation is 1. The number of halogens is 2. The Labute approximate surface area is 211 Å². The molecule has 0 amide bonds. The maximum absolute atomic E-state index is 12.3. The minimum absolute atomic E-state index is 0.382. The first kappa shape index (κ1) is 21.8. The summed E-state index contributed by atoms with van der Waals surface area (Å²) in [6.45, 7) is 0. The van der Waals surface area contributed by atoms with Crippen LogP contribution in [0.25, 0.3) is 5.57 Å². The molecule has 0 saturated heterocycles. The monoisotopic (exact) mass is 503 g/mol. The molecule has 2 aliphatic heterocycles. The summed E-state index contributed by atoms with van der Waals surface area (Å²) in [5, 5.41) is 28.0. The second-order valence-electron chi connectivity index (χ2n) is 8.31. The molecule has 0 aliphatic carbocycles. The van der Waals surface area contributed by atoms with Gasteiger partial charge in [-0.2, -0.15) is 0 Å². The van der Waals surface area contributed by atoms with E-state index in [-0.39, 0.29) is 0 Å². The minimum Gasteiger partial charge on any atom is -0.373 e. The van der Waals surface area contributed by atoms with Crippen LogP contribution in [0.2, 0.25) is 10.0 Å². The fourth-order valence-corrected chi connectivity index (χ4v) is 4.84. The first-order chi connectivity index (χ1) is 16.9. The summed E-state index contributed by atoms with van der Waals surface area (Å²) in [6.07, 6.45) is 3.53. The van der Waals surface area contributed by atoms with E-state index in [9.17, 15) is 5.11 Å². The first-order valence-corrected chi connectivity index (χ1v) is 11.5. The van der Waals surface area contributed by atoms with E-state index >= 15 is 0 Å². The molecule has 0 radical (unpaired) electrons. The van der Waals surface area contributed by atoms with Crippen molar-refractivity contribution in [2.45, 2.75) is 5.60 Å². The van der Waals surface area contributed by atoms with Crippen LogP contribution < -0.4 is 16.1 Å². The van der Waals surface area contributed by atoms with E-state index in [1.165, 1.54) is 0 Å². The summed E-state index contributed by atoms with van der Waals surface area (Å²) in [4.78, 5) is 0. The Kier molecular flexibility index (Phi) is 5.12. The topological polar surface area (TPSA) is 90.6 Å². The molecule has 0 bridgehead atoms. The van der Waals surface area contributed by atoms with Gasteiger partial charge in [0.15, 0.2) is 17.3 Å². The van der Waals surface area contributed by atoms with Crippen LogP contribution in [0.5, 0.6) is 0 Å². The minimum atomic E-state index is -1.59. The molecule has 174 valence electrons. The van der Waals surface area contributed by atoms with Crippen molar-refractivity contribution >= 4 is 40.3 Å². The van der Waals surface area contributed by atoms with Gasteiger partial charge in [0.25, 0.3) is 0 Å². The Morgan fingerprint density at radius 1 is 0.943 bits per heavy atom. The lowest BCUT2D eigenvalue weighted by Crippen LogP contribution is -2.42. The van der Waals surface area contributed by atoms with Crippen LogP contribution in [0, 0.1) is 0 Å². The summed E-state index contributed by atoms with van der Waals surface area (Å²) in [6, 6.07) is 20.5. The summed E-state index contributed by atoms with van der Waals surface area (Å²) < 4.78 is 1.71. The molecule has 1 atom stereocenters. The van der Waals surface area contributed by atoms with Gasteiger partial charge in [0.05, 0.1) is 5.69 Å². The predicted octanol–water partition coefficient (Wildman–Crippen LogP) is 3.99. The molecule has 2 aliphatic rings. The fourth-order valence-electron chi connectivity index (χ4n) is 4.52. The second kappa shape index (κ2) is 8.21. The van der Waals surface area contributed by atoms with Crippen LogP contribution in [0.3, 0.4) is 0 Å². The molecule has 0 fully saturated rings. The molecular formula is C25H19Cl2N7O. The molecule has 1 unspecified atom stereocenters. The fraction of sp³-hybridized carbons (Fsp3) is 0.0800. The number of benzene rings is 3. The lowest BCUT2D eigenvalue weighted by molar-refractivity contribution is 0.112. The Morgan fingerprint density at radius 3 is 2.49 bits per heavy atom. The number of anilines is 1. The van der Waals surface area contributed by atoms with Gasteiger partial charge in [-0.3, -0.25) is 0 Å². The summed E-state index contributed by atoms with van der Waals surface area (Å²) in [5.41, 5.74) is 9.09.